The highest BCUT2D eigenvalue weighted by Gasteiger charge is 2.61. The number of nitrogens with zero attached hydrogens (tertiary/aromatic N) is 1. The van der Waals surface area contributed by atoms with Crippen molar-refractivity contribution in [3.63, 3.8) is 0 Å². The number of nitrogens with one attached hydrogen (secondary N) is 2. The summed E-state index contributed by atoms with van der Waals surface area (Å²) in [7, 11) is 0. The lowest BCUT2D eigenvalue weighted by Gasteiger charge is -2.45. The maximum atomic E-state index is 3.99. The third-order valence-electron chi connectivity index (χ3n) is 6.39. The Morgan fingerprint density at radius 3 is 2.32 bits per heavy atom. The van der Waals surface area contributed by atoms with Crippen molar-refractivity contribution in [3.05, 3.63) is 0 Å². The van der Waals surface area contributed by atoms with E-state index < -0.39 is 0 Å². The summed E-state index contributed by atoms with van der Waals surface area (Å²) in [6.07, 6.45) is 5.09. The lowest BCUT2D eigenvalue weighted by atomic mass is 9.66. The minimum atomic E-state index is 0.226. The largest absolute Gasteiger partial charge is 0.302 e. The number of likely N-dealkylation sites (tertiary alicyclic amines) is 1. The molecule has 0 spiro atoms. The first-order chi connectivity index (χ1) is 10.2. The van der Waals surface area contributed by atoms with E-state index in [0.29, 0.717) is 23.8 Å². The van der Waals surface area contributed by atoms with Crippen LogP contribution >= 0.6 is 0 Å². The van der Waals surface area contributed by atoms with Crippen LogP contribution in [0, 0.1) is 23.2 Å². The Morgan fingerprint density at radius 2 is 1.77 bits per heavy atom. The minimum Gasteiger partial charge on any atom is -0.302 e. The van der Waals surface area contributed by atoms with Crippen LogP contribution in [0.25, 0.3) is 0 Å². The van der Waals surface area contributed by atoms with Crippen molar-refractivity contribution < 1.29 is 0 Å². The zero-order valence-corrected chi connectivity index (χ0v) is 15.7. The van der Waals surface area contributed by atoms with Crippen LogP contribution in [-0.4, -0.2) is 35.4 Å². The van der Waals surface area contributed by atoms with Crippen molar-refractivity contribution in [1.82, 2.24) is 15.5 Å². The predicted octanol–water partition coefficient (Wildman–Crippen LogP) is 3.41. The van der Waals surface area contributed by atoms with Gasteiger partial charge in [-0.3, -0.25) is 10.2 Å². The van der Waals surface area contributed by atoms with E-state index in [1.807, 2.05) is 0 Å². The van der Waals surface area contributed by atoms with Crippen LogP contribution in [0.2, 0.25) is 0 Å². The maximum absolute atomic E-state index is 3.99. The van der Waals surface area contributed by atoms with Gasteiger partial charge < -0.3 is 5.32 Å². The molecule has 0 aromatic rings. The van der Waals surface area contributed by atoms with Crippen molar-refractivity contribution in [3.8, 4) is 0 Å². The van der Waals surface area contributed by atoms with Gasteiger partial charge in [0.1, 0.15) is 0 Å². The van der Waals surface area contributed by atoms with Gasteiger partial charge in [-0.25, -0.2) is 0 Å². The number of hydrogen-bond donors (Lipinski definition) is 2. The summed E-state index contributed by atoms with van der Waals surface area (Å²) in [4.78, 5) is 2.83. The van der Waals surface area contributed by atoms with Crippen LogP contribution < -0.4 is 10.6 Å². The highest BCUT2D eigenvalue weighted by atomic mass is 15.4. The molecule has 0 aliphatic carbocycles. The molecule has 0 aromatic carbocycles. The minimum absolute atomic E-state index is 0.226. The molecule has 3 nitrogen and oxygen atoms in total. The molecule has 0 bridgehead atoms. The summed E-state index contributed by atoms with van der Waals surface area (Å²) in [6.45, 7) is 18.2. The van der Waals surface area contributed by atoms with E-state index in [2.05, 4.69) is 64.0 Å². The predicted molar refractivity (Wildman–Crippen MR) is 93.5 cm³/mol. The van der Waals surface area contributed by atoms with Crippen LogP contribution in [0.15, 0.2) is 0 Å². The lowest BCUT2D eigenvalue weighted by Crippen LogP contribution is -2.57. The second kappa shape index (κ2) is 5.46. The van der Waals surface area contributed by atoms with E-state index >= 15 is 0 Å². The molecular formula is C19H37N3. The molecule has 3 fully saturated rings. The van der Waals surface area contributed by atoms with Gasteiger partial charge in [0.2, 0.25) is 0 Å². The Kier molecular flexibility index (Phi) is 4.15. The van der Waals surface area contributed by atoms with Gasteiger partial charge in [0.25, 0.3) is 0 Å². The van der Waals surface area contributed by atoms with Crippen molar-refractivity contribution >= 4 is 0 Å². The van der Waals surface area contributed by atoms with Gasteiger partial charge in [-0.1, -0.05) is 27.7 Å². The van der Waals surface area contributed by atoms with Crippen LogP contribution in [0.4, 0.5) is 0 Å². The molecule has 3 heterocycles. The van der Waals surface area contributed by atoms with E-state index in [-0.39, 0.29) is 5.54 Å². The van der Waals surface area contributed by atoms with Crippen molar-refractivity contribution in [2.75, 3.05) is 6.54 Å². The number of fused-ring (bicyclic) bond motifs is 3. The third kappa shape index (κ3) is 2.53. The van der Waals surface area contributed by atoms with Gasteiger partial charge in [-0.15, -0.1) is 0 Å². The van der Waals surface area contributed by atoms with Crippen molar-refractivity contribution in [1.29, 1.82) is 0 Å². The smallest absolute Gasteiger partial charge is 0.0652 e. The van der Waals surface area contributed by atoms with E-state index in [1.54, 1.807) is 0 Å². The average Bonchev–Trinajstić information content (AvgIpc) is 2.89. The highest BCUT2D eigenvalue weighted by molar-refractivity contribution is 5.12. The fourth-order valence-electron chi connectivity index (χ4n) is 5.92. The fraction of sp³-hybridized carbons (Fsp3) is 1.00. The molecule has 0 aromatic heterocycles. The van der Waals surface area contributed by atoms with Crippen LogP contribution in [0.1, 0.15) is 67.7 Å². The Bertz CT molecular complexity index is 406. The van der Waals surface area contributed by atoms with E-state index in [1.165, 1.54) is 25.8 Å². The van der Waals surface area contributed by atoms with Gasteiger partial charge in [-0.05, 0) is 69.7 Å². The molecule has 3 aliphatic heterocycles. The molecule has 0 radical (unpaired) electrons. The molecule has 6 atom stereocenters. The molecule has 3 rings (SSSR count). The van der Waals surface area contributed by atoms with Crippen LogP contribution in [0.3, 0.4) is 0 Å². The normalized spacial score (nSPS) is 43.2. The first kappa shape index (κ1) is 16.7. The zero-order chi connectivity index (χ0) is 16.3. The Hall–Kier alpha value is -0.120. The van der Waals surface area contributed by atoms with E-state index in [9.17, 15) is 0 Å². The quantitative estimate of drug-likeness (QED) is 0.777. The molecule has 0 amide bonds. The molecule has 128 valence electrons. The molecule has 22 heavy (non-hydrogen) atoms. The third-order valence-corrected chi connectivity index (χ3v) is 6.39. The van der Waals surface area contributed by atoms with Gasteiger partial charge in [0.15, 0.2) is 0 Å². The zero-order valence-electron chi connectivity index (χ0n) is 15.7. The standard InChI is InChI=1S/C19H37N3/c1-8-13-15(18(2,3)4)14-12-10-9-11-20-16(12)21-17(14)22(13)19(5,6)7/h12-17,20-21H,8-11H2,1-7H3. The van der Waals surface area contributed by atoms with Gasteiger partial charge >= 0.3 is 0 Å². The monoisotopic (exact) mass is 307 g/mol. The summed E-state index contributed by atoms with van der Waals surface area (Å²) in [5, 5.41) is 7.74. The molecule has 3 heteroatoms. The highest BCUT2D eigenvalue weighted by Crippen LogP contribution is 2.54. The topological polar surface area (TPSA) is 27.3 Å². The molecular weight excluding hydrogens is 270 g/mol. The Morgan fingerprint density at radius 1 is 1.09 bits per heavy atom. The molecule has 0 saturated carbocycles. The van der Waals surface area contributed by atoms with Gasteiger partial charge in [-0.2, -0.15) is 0 Å². The second-order valence-electron chi connectivity index (χ2n) is 9.87. The number of piperidine rings is 1. The maximum Gasteiger partial charge on any atom is 0.0652 e. The van der Waals surface area contributed by atoms with Crippen molar-refractivity contribution in [2.45, 2.75) is 91.6 Å². The van der Waals surface area contributed by atoms with E-state index in [0.717, 1.165) is 17.8 Å². The summed E-state index contributed by atoms with van der Waals surface area (Å²) in [5.74, 6) is 2.38. The molecule has 6 unspecified atom stereocenters. The fourth-order valence-corrected chi connectivity index (χ4v) is 5.92. The number of hydrogen-bond acceptors (Lipinski definition) is 3. The summed E-state index contributed by atoms with van der Waals surface area (Å²) in [5.41, 5.74) is 0.599. The Balaban J connectivity index is 2.01. The van der Waals surface area contributed by atoms with Crippen LogP contribution in [0.5, 0.6) is 0 Å². The molecule has 2 N–H and O–H groups in total. The molecule has 3 aliphatic rings. The van der Waals surface area contributed by atoms with Gasteiger partial charge in [0.05, 0.1) is 12.3 Å². The lowest BCUT2D eigenvalue weighted by molar-refractivity contribution is 0.0340. The Labute approximate surface area is 137 Å². The summed E-state index contributed by atoms with van der Waals surface area (Å²) < 4.78 is 0. The SMILES string of the molecule is CCC1C(C(C)(C)C)C2C3CCCNC3NC2N1C(C)(C)C. The van der Waals surface area contributed by atoms with E-state index in [4.69, 9.17) is 0 Å². The van der Waals surface area contributed by atoms with Gasteiger partial charge in [0, 0.05) is 11.6 Å². The number of rotatable bonds is 1. The van der Waals surface area contributed by atoms with Crippen LogP contribution in [-0.2, 0) is 0 Å². The van der Waals surface area contributed by atoms with Crippen molar-refractivity contribution in [2.24, 2.45) is 23.2 Å². The second-order valence-corrected chi connectivity index (χ2v) is 9.87. The first-order valence-corrected chi connectivity index (χ1v) is 9.44. The summed E-state index contributed by atoms with van der Waals surface area (Å²) in [6, 6.07) is 0.699. The average molecular weight is 308 g/mol. The molecule has 3 saturated heterocycles. The first-order valence-electron chi connectivity index (χ1n) is 9.44. The summed E-state index contributed by atoms with van der Waals surface area (Å²) >= 11 is 0.